The van der Waals surface area contributed by atoms with Crippen LogP contribution < -0.4 is 5.73 Å². The molecule has 0 aromatic carbocycles. The number of nitrogens with two attached hydrogens (primary N) is 1. The fraction of sp³-hybridized carbons (Fsp3) is 0.615. The molecule has 2 atom stereocenters. The molecule has 0 aliphatic heterocycles. The van der Waals surface area contributed by atoms with Gasteiger partial charge in [0.1, 0.15) is 0 Å². The molecule has 0 saturated carbocycles. The third-order valence-corrected chi connectivity index (χ3v) is 4.13. The predicted molar refractivity (Wildman–Crippen MR) is 72.9 cm³/mol. The van der Waals surface area contributed by atoms with Crippen LogP contribution in [0.5, 0.6) is 0 Å². The molecule has 4 heteroatoms. The van der Waals surface area contributed by atoms with Crippen LogP contribution in [0.3, 0.4) is 0 Å². The van der Waals surface area contributed by atoms with Crippen LogP contribution in [0.1, 0.15) is 38.6 Å². The average molecular weight is 254 g/mol. The number of carbonyl (C=O) groups excluding carboxylic acids is 1. The van der Waals surface area contributed by atoms with Crippen molar-refractivity contribution < 1.29 is 4.79 Å². The Kier molecular flexibility index (Phi) is 4.33. The molecule has 0 fully saturated rings. The third kappa shape index (κ3) is 3.30. The summed E-state index contributed by atoms with van der Waals surface area (Å²) in [6, 6.07) is 3.66. The van der Waals surface area contributed by atoms with Crippen LogP contribution in [0.4, 0.5) is 0 Å². The van der Waals surface area contributed by atoms with Gasteiger partial charge in [0.2, 0.25) is 5.91 Å². The molecule has 0 aliphatic rings. The van der Waals surface area contributed by atoms with Crippen molar-refractivity contribution in [1.29, 1.82) is 0 Å². The van der Waals surface area contributed by atoms with E-state index < -0.39 is 6.04 Å². The molecular formula is C13H22N2OS. The molecule has 0 spiro atoms. The van der Waals surface area contributed by atoms with Crippen LogP contribution in [0.2, 0.25) is 0 Å². The molecule has 1 aromatic rings. The van der Waals surface area contributed by atoms with E-state index in [1.807, 2.05) is 52.3 Å². The summed E-state index contributed by atoms with van der Waals surface area (Å²) >= 11 is 1.66. The van der Waals surface area contributed by atoms with Gasteiger partial charge in [0.05, 0.1) is 12.1 Å². The molecule has 0 aliphatic carbocycles. The minimum absolute atomic E-state index is 0.00148. The molecule has 1 heterocycles. The third-order valence-electron chi connectivity index (χ3n) is 3.08. The molecule has 3 nitrogen and oxygen atoms in total. The first-order valence-corrected chi connectivity index (χ1v) is 6.68. The van der Waals surface area contributed by atoms with Crippen molar-refractivity contribution in [2.75, 3.05) is 7.05 Å². The molecule has 0 radical (unpaired) electrons. The number of amides is 1. The zero-order valence-electron chi connectivity index (χ0n) is 11.2. The summed E-state index contributed by atoms with van der Waals surface area (Å²) in [6.45, 7) is 7.98. The quantitative estimate of drug-likeness (QED) is 0.901. The average Bonchev–Trinajstić information content (AvgIpc) is 2.77. The zero-order chi connectivity index (χ0) is 13.2. The van der Waals surface area contributed by atoms with Gasteiger partial charge in [0.25, 0.3) is 0 Å². The van der Waals surface area contributed by atoms with Crippen molar-refractivity contribution in [3.63, 3.8) is 0 Å². The Morgan fingerprint density at radius 2 is 2.06 bits per heavy atom. The predicted octanol–water partition coefficient (Wildman–Crippen LogP) is 2.64. The maximum atomic E-state index is 12.2. The topological polar surface area (TPSA) is 46.3 Å². The number of hydrogen-bond acceptors (Lipinski definition) is 3. The van der Waals surface area contributed by atoms with Gasteiger partial charge in [-0.2, -0.15) is 0 Å². The van der Waals surface area contributed by atoms with Gasteiger partial charge in [0.15, 0.2) is 0 Å². The van der Waals surface area contributed by atoms with Gasteiger partial charge < -0.3 is 10.6 Å². The fourth-order valence-electron chi connectivity index (χ4n) is 1.50. The van der Waals surface area contributed by atoms with Crippen LogP contribution >= 0.6 is 11.3 Å². The summed E-state index contributed by atoms with van der Waals surface area (Å²) in [7, 11) is 1.82. The number of hydrogen-bond donors (Lipinski definition) is 1. The van der Waals surface area contributed by atoms with Crippen LogP contribution in [0.15, 0.2) is 17.5 Å². The largest absolute Gasteiger partial charge is 0.337 e. The lowest BCUT2D eigenvalue weighted by atomic mass is 9.86. The first kappa shape index (κ1) is 14.2. The molecule has 96 valence electrons. The molecule has 1 amide bonds. The second-order valence-electron chi connectivity index (χ2n) is 5.48. The number of carbonyl (C=O) groups is 1. The van der Waals surface area contributed by atoms with Gasteiger partial charge >= 0.3 is 0 Å². The Morgan fingerprint density at radius 1 is 1.47 bits per heavy atom. The fourth-order valence-corrected chi connectivity index (χ4v) is 2.33. The lowest BCUT2D eigenvalue weighted by Crippen LogP contribution is -2.49. The van der Waals surface area contributed by atoms with E-state index in [0.29, 0.717) is 0 Å². The highest BCUT2D eigenvalue weighted by Gasteiger charge is 2.31. The summed E-state index contributed by atoms with van der Waals surface area (Å²) in [6.07, 6.45) is 0. The van der Waals surface area contributed by atoms with Crippen molar-refractivity contribution in [1.82, 2.24) is 4.90 Å². The van der Waals surface area contributed by atoms with E-state index in [1.165, 1.54) is 4.88 Å². The second-order valence-corrected chi connectivity index (χ2v) is 6.46. The standard InChI is InChI=1S/C13H22N2OS/c1-9(10-7-6-8-17-10)15(5)12(16)11(14)13(2,3)4/h6-9,11H,14H2,1-5H3/t9?,11-/m0/s1. The minimum atomic E-state index is -0.463. The monoisotopic (exact) mass is 254 g/mol. The highest BCUT2D eigenvalue weighted by atomic mass is 32.1. The Labute approximate surface area is 108 Å². The molecule has 1 rings (SSSR count). The maximum absolute atomic E-state index is 12.2. The van der Waals surface area contributed by atoms with Crippen molar-refractivity contribution in [3.05, 3.63) is 22.4 Å². The van der Waals surface area contributed by atoms with Crippen molar-refractivity contribution in [2.45, 2.75) is 39.8 Å². The maximum Gasteiger partial charge on any atom is 0.240 e. The molecule has 0 bridgehead atoms. The number of likely N-dealkylation sites (N-methyl/N-ethyl adjacent to an activating group) is 1. The molecule has 1 aromatic heterocycles. The van der Waals surface area contributed by atoms with E-state index in [-0.39, 0.29) is 17.4 Å². The molecule has 2 N–H and O–H groups in total. The number of nitrogens with zero attached hydrogens (tertiary/aromatic N) is 1. The summed E-state index contributed by atoms with van der Waals surface area (Å²) < 4.78 is 0. The first-order chi connectivity index (χ1) is 7.75. The SMILES string of the molecule is CC(c1cccs1)N(C)C(=O)[C@H](N)C(C)(C)C. The number of rotatable bonds is 3. The van der Waals surface area contributed by atoms with Crippen LogP contribution in [0.25, 0.3) is 0 Å². The Bertz CT molecular complexity index is 367. The summed E-state index contributed by atoms with van der Waals surface area (Å²) in [4.78, 5) is 15.2. The number of thiophene rings is 1. The lowest BCUT2D eigenvalue weighted by Gasteiger charge is -2.32. The second kappa shape index (κ2) is 5.19. The highest BCUT2D eigenvalue weighted by Crippen LogP contribution is 2.26. The van der Waals surface area contributed by atoms with E-state index in [0.717, 1.165) is 0 Å². The lowest BCUT2D eigenvalue weighted by molar-refractivity contribution is -0.135. The van der Waals surface area contributed by atoms with Crippen molar-refractivity contribution >= 4 is 17.2 Å². The van der Waals surface area contributed by atoms with E-state index in [4.69, 9.17) is 5.73 Å². The Hall–Kier alpha value is -0.870. The van der Waals surface area contributed by atoms with E-state index in [2.05, 4.69) is 0 Å². The molecule has 1 unspecified atom stereocenters. The van der Waals surface area contributed by atoms with Gasteiger partial charge in [-0.25, -0.2) is 0 Å². The zero-order valence-corrected chi connectivity index (χ0v) is 12.0. The van der Waals surface area contributed by atoms with E-state index in [9.17, 15) is 4.79 Å². The Balaban J connectivity index is 2.77. The summed E-state index contributed by atoms with van der Waals surface area (Å²) in [5.74, 6) is -0.00148. The first-order valence-electron chi connectivity index (χ1n) is 5.81. The van der Waals surface area contributed by atoms with Crippen LogP contribution in [-0.2, 0) is 4.79 Å². The summed E-state index contributed by atoms with van der Waals surface area (Å²) in [5, 5.41) is 2.02. The normalized spacial score (nSPS) is 15.4. The van der Waals surface area contributed by atoms with Crippen LogP contribution in [-0.4, -0.2) is 23.9 Å². The molecule has 17 heavy (non-hydrogen) atoms. The van der Waals surface area contributed by atoms with E-state index >= 15 is 0 Å². The summed E-state index contributed by atoms with van der Waals surface area (Å²) in [5.41, 5.74) is 5.79. The van der Waals surface area contributed by atoms with E-state index in [1.54, 1.807) is 16.2 Å². The minimum Gasteiger partial charge on any atom is -0.337 e. The highest BCUT2D eigenvalue weighted by molar-refractivity contribution is 7.10. The van der Waals surface area contributed by atoms with Gasteiger partial charge in [-0.1, -0.05) is 26.8 Å². The Morgan fingerprint density at radius 3 is 2.47 bits per heavy atom. The van der Waals surface area contributed by atoms with Crippen molar-refractivity contribution in [2.24, 2.45) is 11.1 Å². The van der Waals surface area contributed by atoms with Crippen LogP contribution in [0, 0.1) is 5.41 Å². The van der Waals surface area contributed by atoms with Gasteiger partial charge in [-0.05, 0) is 23.8 Å². The van der Waals surface area contributed by atoms with Gasteiger partial charge in [0, 0.05) is 11.9 Å². The smallest absolute Gasteiger partial charge is 0.240 e. The molecular weight excluding hydrogens is 232 g/mol. The van der Waals surface area contributed by atoms with Gasteiger partial charge in [-0.15, -0.1) is 11.3 Å². The van der Waals surface area contributed by atoms with Crippen molar-refractivity contribution in [3.8, 4) is 0 Å². The van der Waals surface area contributed by atoms with Gasteiger partial charge in [-0.3, -0.25) is 4.79 Å². The molecule has 0 saturated heterocycles.